The number of carbonyl (C=O) groups is 1. The first-order valence-corrected chi connectivity index (χ1v) is 20.0. The molecule has 2 N–H and O–H groups in total. The van der Waals surface area contributed by atoms with Crippen molar-refractivity contribution >= 4 is 13.7 Å². The van der Waals surface area contributed by atoms with Gasteiger partial charge >= 0.3 is 0 Å². The van der Waals surface area contributed by atoms with E-state index in [2.05, 4.69) is 55.6 Å². The summed E-state index contributed by atoms with van der Waals surface area (Å²) in [5.41, 5.74) is 0. The summed E-state index contributed by atoms with van der Waals surface area (Å²) >= 11 is 0. The number of likely N-dealkylation sites (N-methyl/N-ethyl adjacent to an activating group) is 1. The fraction of sp³-hybridized carbons (Fsp3) is 0.763. The lowest BCUT2D eigenvalue weighted by Gasteiger charge is -2.29. The van der Waals surface area contributed by atoms with Crippen LogP contribution in [0.15, 0.2) is 48.6 Å². The summed E-state index contributed by atoms with van der Waals surface area (Å²) in [6.45, 7) is 4.50. The number of phosphoric acid groups is 1. The van der Waals surface area contributed by atoms with E-state index in [4.69, 9.17) is 9.05 Å². The standard InChI is InChI=1S/C38H71N2O6P/c1-6-8-10-12-14-16-18-19-20-22-23-25-27-29-31-37(41)36(35-46-47(43,44)45-34-33-40(3,4)5)39-38(42)32-30-28-26-24-21-17-15-13-11-9-7-2/h13,15-16,18,22-23,29,31,36-37,41H,6-12,14,17,19-21,24-28,30,32-35H2,1-5H3,(H-,39,42,43,44)/b15-13-,18-16+,23-22+,31-29+. The lowest BCUT2D eigenvalue weighted by Crippen LogP contribution is -2.45. The number of aliphatic hydroxyl groups is 1. The number of carbonyl (C=O) groups excluding carboxylic acids is 1. The molecule has 0 aromatic rings. The molecule has 0 radical (unpaired) electrons. The number of rotatable bonds is 32. The summed E-state index contributed by atoms with van der Waals surface area (Å²) in [5, 5.41) is 13.6. The van der Waals surface area contributed by atoms with Crippen molar-refractivity contribution in [1.29, 1.82) is 0 Å². The highest BCUT2D eigenvalue weighted by atomic mass is 31.2. The predicted molar refractivity (Wildman–Crippen MR) is 196 cm³/mol. The highest BCUT2D eigenvalue weighted by Crippen LogP contribution is 2.38. The molecule has 8 nitrogen and oxygen atoms in total. The minimum atomic E-state index is -4.59. The van der Waals surface area contributed by atoms with Crippen molar-refractivity contribution in [2.75, 3.05) is 40.9 Å². The molecule has 0 saturated carbocycles. The maximum Gasteiger partial charge on any atom is 0.268 e. The summed E-state index contributed by atoms with van der Waals surface area (Å²) < 4.78 is 23.0. The molecule has 0 fully saturated rings. The normalized spacial score (nSPS) is 15.3. The first-order chi connectivity index (χ1) is 22.5. The molecule has 3 atom stereocenters. The van der Waals surface area contributed by atoms with Crippen LogP contribution >= 0.6 is 7.82 Å². The Labute approximate surface area is 289 Å². The molecule has 0 rings (SSSR count). The predicted octanol–water partition coefficient (Wildman–Crippen LogP) is 8.72. The van der Waals surface area contributed by atoms with Gasteiger partial charge < -0.3 is 28.8 Å². The monoisotopic (exact) mass is 683 g/mol. The van der Waals surface area contributed by atoms with Gasteiger partial charge in [-0.05, 0) is 64.2 Å². The average molecular weight is 683 g/mol. The zero-order chi connectivity index (χ0) is 35.1. The Morgan fingerprint density at radius 2 is 1.21 bits per heavy atom. The maximum absolute atomic E-state index is 12.7. The van der Waals surface area contributed by atoms with E-state index in [1.54, 1.807) is 6.08 Å². The third-order valence-corrected chi connectivity index (χ3v) is 8.70. The van der Waals surface area contributed by atoms with E-state index in [1.165, 1.54) is 38.5 Å². The molecule has 3 unspecified atom stereocenters. The molecule has 0 spiro atoms. The Hall–Kier alpha value is -1.54. The summed E-state index contributed by atoms with van der Waals surface area (Å²) in [6, 6.07) is -0.910. The third kappa shape index (κ3) is 32.8. The molecule has 0 aliphatic rings. The van der Waals surface area contributed by atoms with Gasteiger partial charge in [-0.2, -0.15) is 0 Å². The van der Waals surface area contributed by atoms with Crippen molar-refractivity contribution in [2.45, 2.75) is 148 Å². The van der Waals surface area contributed by atoms with Gasteiger partial charge in [0.2, 0.25) is 5.91 Å². The van der Waals surface area contributed by atoms with Gasteiger partial charge in [0.25, 0.3) is 7.82 Å². The Morgan fingerprint density at radius 3 is 1.79 bits per heavy atom. The van der Waals surface area contributed by atoms with Crippen LogP contribution in [0.3, 0.4) is 0 Å². The van der Waals surface area contributed by atoms with Gasteiger partial charge in [-0.15, -0.1) is 0 Å². The lowest BCUT2D eigenvalue weighted by atomic mass is 10.1. The van der Waals surface area contributed by atoms with Crippen molar-refractivity contribution < 1.29 is 32.9 Å². The second-order valence-corrected chi connectivity index (χ2v) is 15.0. The number of nitrogens with zero attached hydrogens (tertiary/aromatic N) is 1. The van der Waals surface area contributed by atoms with Crippen molar-refractivity contribution in [3.63, 3.8) is 0 Å². The molecule has 274 valence electrons. The van der Waals surface area contributed by atoms with Crippen LogP contribution in [-0.2, 0) is 18.4 Å². The molecule has 0 aliphatic heterocycles. The molecular formula is C38H71N2O6P. The molecule has 0 saturated heterocycles. The number of phosphoric ester groups is 1. The van der Waals surface area contributed by atoms with E-state index < -0.39 is 26.6 Å². The minimum absolute atomic E-state index is 0.0121. The second-order valence-electron chi connectivity index (χ2n) is 13.5. The summed E-state index contributed by atoms with van der Waals surface area (Å²) in [4.78, 5) is 25.1. The zero-order valence-electron chi connectivity index (χ0n) is 30.7. The number of hydrogen-bond acceptors (Lipinski definition) is 6. The average Bonchev–Trinajstić information content (AvgIpc) is 3.01. The lowest BCUT2D eigenvalue weighted by molar-refractivity contribution is -0.870. The smallest absolute Gasteiger partial charge is 0.268 e. The third-order valence-electron chi connectivity index (χ3n) is 7.74. The SMILES string of the molecule is CCCC/C=C\CCCCCCCC(=O)NC(COP(=O)([O-])OCC[N+](C)(C)C)C(O)/C=C/CC/C=C/CC/C=C/CCCCCC. The quantitative estimate of drug-likeness (QED) is 0.0318. The number of unbranched alkanes of at least 4 members (excludes halogenated alkanes) is 13. The first-order valence-electron chi connectivity index (χ1n) is 18.5. The van der Waals surface area contributed by atoms with Gasteiger partial charge in [-0.3, -0.25) is 9.36 Å². The summed E-state index contributed by atoms with van der Waals surface area (Å²) in [6.07, 6.45) is 35.8. The first kappa shape index (κ1) is 45.5. The Morgan fingerprint density at radius 1 is 0.723 bits per heavy atom. The fourth-order valence-electron chi connectivity index (χ4n) is 4.69. The molecule has 0 aromatic heterocycles. The van der Waals surface area contributed by atoms with Gasteiger partial charge in [-0.25, -0.2) is 0 Å². The van der Waals surface area contributed by atoms with E-state index in [-0.39, 0.29) is 12.5 Å². The van der Waals surface area contributed by atoms with Crippen molar-refractivity contribution in [1.82, 2.24) is 5.32 Å². The number of amides is 1. The molecule has 0 bridgehead atoms. The topological polar surface area (TPSA) is 108 Å². The number of hydrogen-bond donors (Lipinski definition) is 2. The van der Waals surface area contributed by atoms with E-state index in [0.29, 0.717) is 17.4 Å². The van der Waals surface area contributed by atoms with E-state index in [0.717, 1.165) is 77.0 Å². The molecule has 0 heterocycles. The number of aliphatic hydroxyl groups excluding tert-OH is 1. The second kappa shape index (κ2) is 30.5. The van der Waals surface area contributed by atoms with Crippen LogP contribution in [0.1, 0.15) is 136 Å². The number of allylic oxidation sites excluding steroid dienone is 7. The van der Waals surface area contributed by atoms with Crippen molar-refractivity contribution in [3.05, 3.63) is 48.6 Å². The van der Waals surface area contributed by atoms with Crippen molar-refractivity contribution in [2.24, 2.45) is 0 Å². The largest absolute Gasteiger partial charge is 0.756 e. The fourth-order valence-corrected chi connectivity index (χ4v) is 5.41. The van der Waals surface area contributed by atoms with E-state index in [1.807, 2.05) is 27.2 Å². The molecule has 0 aliphatic carbocycles. The Kier molecular flexibility index (Phi) is 29.5. The van der Waals surface area contributed by atoms with Crippen LogP contribution in [0.4, 0.5) is 0 Å². The molecular weight excluding hydrogens is 611 g/mol. The van der Waals surface area contributed by atoms with Crippen LogP contribution in [0.2, 0.25) is 0 Å². The number of quaternary nitrogens is 1. The van der Waals surface area contributed by atoms with Crippen LogP contribution in [0.5, 0.6) is 0 Å². The zero-order valence-corrected chi connectivity index (χ0v) is 31.6. The van der Waals surface area contributed by atoms with Gasteiger partial charge in [0.05, 0.1) is 39.9 Å². The van der Waals surface area contributed by atoms with Crippen LogP contribution in [-0.4, -0.2) is 68.5 Å². The summed E-state index contributed by atoms with van der Waals surface area (Å²) in [5.74, 6) is -0.227. The molecule has 9 heteroatoms. The highest BCUT2D eigenvalue weighted by molar-refractivity contribution is 7.45. The van der Waals surface area contributed by atoms with Crippen LogP contribution < -0.4 is 10.2 Å². The van der Waals surface area contributed by atoms with Crippen molar-refractivity contribution in [3.8, 4) is 0 Å². The Balaban J connectivity index is 4.68. The number of nitrogens with one attached hydrogen (secondary N) is 1. The minimum Gasteiger partial charge on any atom is -0.756 e. The van der Waals surface area contributed by atoms with Gasteiger partial charge in [-0.1, -0.05) is 114 Å². The molecule has 47 heavy (non-hydrogen) atoms. The summed E-state index contributed by atoms with van der Waals surface area (Å²) in [7, 11) is 1.22. The van der Waals surface area contributed by atoms with Crippen LogP contribution in [0, 0.1) is 0 Å². The van der Waals surface area contributed by atoms with Gasteiger partial charge in [0.1, 0.15) is 13.2 Å². The van der Waals surface area contributed by atoms with Gasteiger partial charge in [0, 0.05) is 6.42 Å². The molecule has 1 amide bonds. The van der Waals surface area contributed by atoms with Crippen LogP contribution in [0.25, 0.3) is 0 Å². The van der Waals surface area contributed by atoms with Gasteiger partial charge in [0.15, 0.2) is 0 Å². The molecule has 0 aromatic carbocycles. The maximum atomic E-state index is 12.7. The van der Waals surface area contributed by atoms with E-state index in [9.17, 15) is 19.4 Å². The highest BCUT2D eigenvalue weighted by Gasteiger charge is 2.23. The van der Waals surface area contributed by atoms with E-state index >= 15 is 0 Å². The Bertz CT molecular complexity index is 912.